The van der Waals surface area contributed by atoms with Crippen LogP contribution in [0, 0.1) is 0 Å². The molecule has 52 valence electrons. The first-order valence-corrected chi connectivity index (χ1v) is 2.78. The average molecular weight is 126 g/mol. The molecule has 9 heavy (non-hydrogen) atoms. The normalized spacial score (nSPS) is 9.22. The first-order chi connectivity index (χ1) is 3.80. The summed E-state index contributed by atoms with van der Waals surface area (Å²) in [4.78, 5) is 3.91. The maximum absolute atomic E-state index is 3.91. The van der Waals surface area contributed by atoms with Crippen molar-refractivity contribution in [2.24, 2.45) is 0 Å². The zero-order valence-electron chi connectivity index (χ0n) is 5.20. The Kier molecular flexibility index (Phi) is 2.99. The molecular weight excluding hydrogens is 112 g/mol. The highest BCUT2D eigenvalue weighted by Gasteiger charge is 1.90. The van der Waals surface area contributed by atoms with Crippen molar-refractivity contribution in [3.63, 3.8) is 0 Å². The average Bonchev–Trinajstić information content (AvgIpc) is 2.12. The Bertz CT molecular complexity index is 142. The summed E-state index contributed by atoms with van der Waals surface area (Å²) >= 11 is 0. The molecule has 1 rings (SSSR count). The summed E-state index contributed by atoms with van der Waals surface area (Å²) in [6.07, 6.45) is 5.58. The van der Waals surface area contributed by atoms with Crippen LogP contribution in [0.3, 0.4) is 0 Å². The molecule has 2 nitrogen and oxygen atoms in total. The van der Waals surface area contributed by atoms with E-state index >= 15 is 0 Å². The van der Waals surface area contributed by atoms with Gasteiger partial charge in [-0.3, -0.25) is 0 Å². The predicted octanol–water partition coefficient (Wildman–Crippen LogP) is 2.10. The first kappa shape index (κ1) is 8.21. The highest BCUT2D eigenvalue weighted by molar-refractivity contribution is 4.76. The van der Waals surface area contributed by atoms with Gasteiger partial charge in [0.15, 0.2) is 0 Å². The van der Waals surface area contributed by atoms with Gasteiger partial charge < -0.3 is 4.57 Å². The van der Waals surface area contributed by atoms with E-state index in [2.05, 4.69) is 23.4 Å². The monoisotopic (exact) mass is 126 g/mol. The van der Waals surface area contributed by atoms with Gasteiger partial charge in [0, 0.05) is 18.4 Å². The van der Waals surface area contributed by atoms with Crippen LogP contribution in [-0.2, 0) is 0 Å². The molecule has 0 atom stereocenters. The third kappa shape index (κ3) is 1.88. The molecule has 0 aromatic carbocycles. The molecule has 0 aliphatic carbocycles. The Morgan fingerprint density at radius 2 is 2.11 bits per heavy atom. The molecule has 0 fully saturated rings. The Morgan fingerprint density at radius 1 is 1.44 bits per heavy atom. The van der Waals surface area contributed by atoms with Crippen molar-refractivity contribution in [3.05, 3.63) is 18.7 Å². The third-order valence-corrected chi connectivity index (χ3v) is 1.12. The molecule has 0 aliphatic rings. The fourth-order valence-corrected chi connectivity index (χ4v) is 0.575. The molecule has 1 aromatic heterocycles. The van der Waals surface area contributed by atoms with Crippen LogP contribution in [0.2, 0.25) is 0 Å². The van der Waals surface area contributed by atoms with Crippen LogP contribution in [0.25, 0.3) is 0 Å². The SMILES string of the molecule is C.CC(C)n1ccnc1. The lowest BCUT2D eigenvalue weighted by molar-refractivity contribution is 0.600. The molecule has 0 N–H and O–H groups in total. The zero-order valence-corrected chi connectivity index (χ0v) is 5.20. The van der Waals surface area contributed by atoms with E-state index in [4.69, 9.17) is 0 Å². The van der Waals surface area contributed by atoms with Gasteiger partial charge in [0.1, 0.15) is 0 Å². The van der Waals surface area contributed by atoms with Gasteiger partial charge >= 0.3 is 0 Å². The van der Waals surface area contributed by atoms with Crippen LogP contribution in [0.5, 0.6) is 0 Å². The maximum atomic E-state index is 3.91. The van der Waals surface area contributed by atoms with Crippen LogP contribution in [0.4, 0.5) is 0 Å². The number of imidazole rings is 1. The van der Waals surface area contributed by atoms with E-state index in [1.165, 1.54) is 0 Å². The van der Waals surface area contributed by atoms with Gasteiger partial charge in [-0.2, -0.15) is 0 Å². The molecule has 0 unspecified atom stereocenters. The zero-order chi connectivity index (χ0) is 5.98. The standard InChI is InChI=1S/C6H10N2.CH4/c1-6(2)8-4-3-7-5-8;/h3-6H,1-2H3;1H4. The lowest BCUT2D eigenvalue weighted by Crippen LogP contribution is -1.95. The number of aromatic nitrogens is 2. The van der Waals surface area contributed by atoms with E-state index in [1.54, 1.807) is 6.20 Å². The van der Waals surface area contributed by atoms with Crippen molar-refractivity contribution < 1.29 is 0 Å². The van der Waals surface area contributed by atoms with Gasteiger partial charge in [-0.05, 0) is 13.8 Å². The molecule has 0 saturated heterocycles. The largest absolute Gasteiger partial charge is 0.335 e. The Morgan fingerprint density at radius 3 is 2.33 bits per heavy atom. The van der Waals surface area contributed by atoms with Crippen molar-refractivity contribution in [2.45, 2.75) is 27.3 Å². The molecule has 0 saturated carbocycles. The van der Waals surface area contributed by atoms with Gasteiger partial charge in [-0.15, -0.1) is 0 Å². The van der Waals surface area contributed by atoms with Crippen LogP contribution >= 0.6 is 0 Å². The molecule has 1 heterocycles. The van der Waals surface area contributed by atoms with Crippen molar-refractivity contribution in [2.75, 3.05) is 0 Å². The fourth-order valence-electron chi connectivity index (χ4n) is 0.575. The van der Waals surface area contributed by atoms with E-state index in [9.17, 15) is 0 Å². The Labute approximate surface area is 56.5 Å². The van der Waals surface area contributed by atoms with E-state index in [0.717, 1.165) is 0 Å². The maximum Gasteiger partial charge on any atom is 0.0948 e. The van der Waals surface area contributed by atoms with Gasteiger partial charge in [0.25, 0.3) is 0 Å². The van der Waals surface area contributed by atoms with Gasteiger partial charge in [-0.25, -0.2) is 4.98 Å². The minimum atomic E-state index is 0. The van der Waals surface area contributed by atoms with Crippen molar-refractivity contribution in [1.82, 2.24) is 9.55 Å². The smallest absolute Gasteiger partial charge is 0.0948 e. The van der Waals surface area contributed by atoms with Gasteiger partial charge in [0.05, 0.1) is 6.33 Å². The van der Waals surface area contributed by atoms with E-state index in [-0.39, 0.29) is 7.43 Å². The molecule has 0 aliphatic heterocycles. The van der Waals surface area contributed by atoms with Crippen LogP contribution in [-0.4, -0.2) is 9.55 Å². The van der Waals surface area contributed by atoms with E-state index < -0.39 is 0 Å². The molecule has 0 amide bonds. The summed E-state index contributed by atoms with van der Waals surface area (Å²) in [5.74, 6) is 0. The van der Waals surface area contributed by atoms with E-state index in [0.29, 0.717) is 6.04 Å². The summed E-state index contributed by atoms with van der Waals surface area (Å²) in [6, 6.07) is 0.539. The molecule has 0 bridgehead atoms. The molecule has 0 radical (unpaired) electrons. The highest BCUT2D eigenvalue weighted by atomic mass is 15.0. The molecular formula is C7H14N2. The van der Waals surface area contributed by atoms with Gasteiger partial charge in [-0.1, -0.05) is 7.43 Å². The lowest BCUT2D eigenvalue weighted by Gasteiger charge is -2.02. The van der Waals surface area contributed by atoms with Crippen LogP contribution in [0.1, 0.15) is 27.3 Å². The first-order valence-electron chi connectivity index (χ1n) is 2.78. The summed E-state index contributed by atoms with van der Waals surface area (Å²) in [5.41, 5.74) is 0. The summed E-state index contributed by atoms with van der Waals surface area (Å²) < 4.78 is 2.06. The minimum absolute atomic E-state index is 0. The third-order valence-electron chi connectivity index (χ3n) is 1.12. The number of hydrogen-bond donors (Lipinski definition) is 0. The highest BCUT2D eigenvalue weighted by Crippen LogP contribution is 1.99. The number of nitrogens with zero attached hydrogens (tertiary/aromatic N) is 2. The van der Waals surface area contributed by atoms with Crippen molar-refractivity contribution >= 4 is 0 Å². The second kappa shape index (κ2) is 3.28. The fraction of sp³-hybridized carbons (Fsp3) is 0.571. The molecule has 0 spiro atoms. The number of rotatable bonds is 1. The molecule has 2 heteroatoms. The van der Waals surface area contributed by atoms with Crippen LogP contribution < -0.4 is 0 Å². The van der Waals surface area contributed by atoms with Crippen molar-refractivity contribution in [1.29, 1.82) is 0 Å². The summed E-state index contributed by atoms with van der Waals surface area (Å²) in [6.45, 7) is 4.25. The lowest BCUT2D eigenvalue weighted by atomic mass is 10.4. The van der Waals surface area contributed by atoms with E-state index in [1.807, 2.05) is 12.5 Å². The minimum Gasteiger partial charge on any atom is -0.335 e. The summed E-state index contributed by atoms with van der Waals surface area (Å²) in [5, 5.41) is 0. The Hall–Kier alpha value is -0.790. The van der Waals surface area contributed by atoms with Crippen molar-refractivity contribution in [3.8, 4) is 0 Å². The number of hydrogen-bond acceptors (Lipinski definition) is 1. The quantitative estimate of drug-likeness (QED) is 0.563. The van der Waals surface area contributed by atoms with Crippen LogP contribution in [0.15, 0.2) is 18.7 Å². The predicted molar refractivity (Wildman–Crippen MR) is 39.3 cm³/mol. The second-order valence-corrected chi connectivity index (χ2v) is 2.10. The van der Waals surface area contributed by atoms with Gasteiger partial charge in [0.2, 0.25) is 0 Å². The Balaban J connectivity index is 0.000000640. The second-order valence-electron chi connectivity index (χ2n) is 2.10. The topological polar surface area (TPSA) is 17.8 Å². The summed E-state index contributed by atoms with van der Waals surface area (Å²) in [7, 11) is 0. The molecule has 1 aromatic rings.